The first-order chi connectivity index (χ1) is 10.8. The van der Waals surface area contributed by atoms with Crippen molar-refractivity contribution in [1.29, 1.82) is 0 Å². The smallest absolute Gasteiger partial charge is 0.226 e. The highest BCUT2D eigenvalue weighted by molar-refractivity contribution is 9.10. The second-order valence-corrected chi connectivity index (χ2v) is 6.01. The Labute approximate surface area is 136 Å². The Balaban J connectivity index is 1.81. The molecular weight excluding hydrogens is 340 g/mol. The minimum atomic E-state index is 0.0404. The van der Waals surface area contributed by atoms with Gasteiger partial charge in [-0.3, -0.25) is 0 Å². The van der Waals surface area contributed by atoms with Crippen LogP contribution in [0.3, 0.4) is 0 Å². The highest BCUT2D eigenvalue weighted by atomic mass is 79.9. The maximum atomic E-state index is 4.35. The third kappa shape index (κ3) is 2.33. The molecule has 0 fully saturated rings. The van der Waals surface area contributed by atoms with Crippen molar-refractivity contribution in [2.24, 2.45) is 0 Å². The molecule has 1 aliphatic heterocycles. The molecule has 1 aliphatic rings. The zero-order valence-corrected chi connectivity index (χ0v) is 13.2. The molecule has 5 heteroatoms. The maximum Gasteiger partial charge on any atom is 0.226 e. The fourth-order valence-corrected chi connectivity index (χ4v) is 2.88. The van der Waals surface area contributed by atoms with Crippen LogP contribution < -0.4 is 5.32 Å². The van der Waals surface area contributed by atoms with Gasteiger partial charge in [0.1, 0.15) is 12.4 Å². The van der Waals surface area contributed by atoms with Gasteiger partial charge in [-0.25, -0.2) is 4.68 Å². The highest BCUT2D eigenvalue weighted by Gasteiger charge is 2.23. The average Bonchev–Trinajstić information content (AvgIpc) is 3.04. The van der Waals surface area contributed by atoms with E-state index < -0.39 is 0 Å². The Hall–Kier alpha value is -2.40. The number of hydrogen-bond acceptors (Lipinski definition) is 3. The Bertz CT molecular complexity index is 821. The lowest BCUT2D eigenvalue weighted by atomic mass is 10.0. The van der Waals surface area contributed by atoms with Crippen molar-refractivity contribution >= 4 is 27.6 Å². The van der Waals surface area contributed by atoms with Crippen molar-refractivity contribution in [2.75, 3.05) is 5.32 Å². The molecule has 1 aromatic heterocycles. The van der Waals surface area contributed by atoms with Gasteiger partial charge in [0.25, 0.3) is 0 Å². The summed E-state index contributed by atoms with van der Waals surface area (Å²) in [5, 5.41) is 7.70. The van der Waals surface area contributed by atoms with E-state index in [1.54, 1.807) is 6.33 Å². The molecule has 2 heterocycles. The van der Waals surface area contributed by atoms with E-state index in [-0.39, 0.29) is 6.04 Å². The summed E-state index contributed by atoms with van der Waals surface area (Å²) in [5.41, 5.74) is 3.35. The van der Waals surface area contributed by atoms with Crippen molar-refractivity contribution in [2.45, 2.75) is 6.04 Å². The molecule has 0 amide bonds. The summed E-state index contributed by atoms with van der Waals surface area (Å²) in [5.74, 6) is 0.759. The van der Waals surface area contributed by atoms with Gasteiger partial charge in [0.15, 0.2) is 0 Å². The van der Waals surface area contributed by atoms with Gasteiger partial charge in [-0.1, -0.05) is 58.4 Å². The molecule has 4 rings (SSSR count). The van der Waals surface area contributed by atoms with E-state index >= 15 is 0 Å². The predicted octanol–water partition coefficient (Wildman–Crippen LogP) is 4.10. The summed E-state index contributed by atoms with van der Waals surface area (Å²) in [6.45, 7) is 0. The van der Waals surface area contributed by atoms with Gasteiger partial charge >= 0.3 is 0 Å². The molecule has 1 N–H and O–H groups in total. The fourth-order valence-electron chi connectivity index (χ4n) is 2.62. The van der Waals surface area contributed by atoms with E-state index in [1.807, 2.05) is 35.0 Å². The van der Waals surface area contributed by atoms with Crippen LogP contribution in [-0.4, -0.2) is 14.8 Å². The monoisotopic (exact) mass is 352 g/mol. The number of allylic oxidation sites excluding steroid dienone is 1. The molecule has 0 aliphatic carbocycles. The quantitative estimate of drug-likeness (QED) is 0.754. The molecule has 4 nitrogen and oxygen atoms in total. The Morgan fingerprint density at radius 1 is 1.00 bits per heavy atom. The van der Waals surface area contributed by atoms with Gasteiger partial charge < -0.3 is 5.32 Å². The van der Waals surface area contributed by atoms with Gasteiger partial charge in [0.2, 0.25) is 5.95 Å². The number of rotatable bonds is 2. The van der Waals surface area contributed by atoms with Gasteiger partial charge in [0, 0.05) is 10.2 Å². The highest BCUT2D eigenvalue weighted by Crippen LogP contribution is 2.31. The Morgan fingerprint density at radius 3 is 2.55 bits per heavy atom. The lowest BCUT2D eigenvalue weighted by Crippen LogP contribution is -2.20. The molecule has 1 atom stereocenters. The van der Waals surface area contributed by atoms with Crippen LogP contribution in [0.25, 0.3) is 5.70 Å². The second kappa shape index (κ2) is 5.42. The number of nitrogens with zero attached hydrogens (tertiary/aromatic N) is 3. The van der Waals surface area contributed by atoms with Crippen molar-refractivity contribution < 1.29 is 0 Å². The Kier molecular flexibility index (Phi) is 3.27. The summed E-state index contributed by atoms with van der Waals surface area (Å²) in [6.07, 6.45) is 3.76. The molecule has 0 saturated heterocycles. The minimum absolute atomic E-state index is 0.0404. The van der Waals surface area contributed by atoms with Crippen LogP contribution in [0, 0.1) is 0 Å². The lowest BCUT2D eigenvalue weighted by Gasteiger charge is -2.24. The number of aromatic nitrogens is 3. The number of nitrogens with one attached hydrogen (secondary N) is 1. The molecule has 0 saturated carbocycles. The summed E-state index contributed by atoms with van der Waals surface area (Å²) in [4.78, 5) is 4.32. The summed E-state index contributed by atoms with van der Waals surface area (Å²) < 4.78 is 2.97. The molecule has 0 unspecified atom stereocenters. The third-order valence-electron chi connectivity index (χ3n) is 3.70. The topological polar surface area (TPSA) is 42.7 Å². The second-order valence-electron chi connectivity index (χ2n) is 5.10. The first-order valence-electron chi connectivity index (χ1n) is 7.00. The van der Waals surface area contributed by atoms with E-state index in [4.69, 9.17) is 0 Å². The van der Waals surface area contributed by atoms with Crippen LogP contribution in [0.4, 0.5) is 5.95 Å². The number of fused-ring (bicyclic) bond motifs is 1. The van der Waals surface area contributed by atoms with Crippen LogP contribution in [0.2, 0.25) is 0 Å². The van der Waals surface area contributed by atoms with E-state index in [1.165, 1.54) is 5.56 Å². The average molecular weight is 353 g/mol. The fraction of sp³-hybridized carbons (Fsp3) is 0.0588. The summed E-state index contributed by atoms with van der Waals surface area (Å²) >= 11 is 3.47. The van der Waals surface area contributed by atoms with Gasteiger partial charge in [-0.15, -0.1) is 0 Å². The van der Waals surface area contributed by atoms with Gasteiger partial charge in [-0.2, -0.15) is 10.1 Å². The first-order valence-corrected chi connectivity index (χ1v) is 7.80. The zero-order valence-electron chi connectivity index (χ0n) is 11.6. The van der Waals surface area contributed by atoms with Crippen LogP contribution >= 0.6 is 15.9 Å². The number of halogens is 1. The van der Waals surface area contributed by atoms with Crippen LogP contribution in [0.1, 0.15) is 17.2 Å². The van der Waals surface area contributed by atoms with Gasteiger partial charge in [-0.05, 0) is 29.3 Å². The number of hydrogen-bond donors (Lipinski definition) is 1. The standard InChI is InChI=1S/C17H13BrN4/c18-14-8-6-12(7-9-14)15-10-16(13-4-2-1-3-5-13)22-17(21-15)19-11-20-22/h1-11,16H,(H,19,20,21)/t16-/m1/s1. The van der Waals surface area contributed by atoms with E-state index in [0.29, 0.717) is 0 Å². The molecule has 0 spiro atoms. The van der Waals surface area contributed by atoms with Crippen molar-refractivity contribution in [1.82, 2.24) is 14.8 Å². The SMILES string of the molecule is Brc1ccc(C2=C[C@H](c3ccccc3)n3ncnc3N2)cc1. The maximum absolute atomic E-state index is 4.35. The predicted molar refractivity (Wildman–Crippen MR) is 90.3 cm³/mol. The van der Waals surface area contributed by atoms with Crippen LogP contribution in [0.5, 0.6) is 0 Å². The van der Waals surface area contributed by atoms with E-state index in [0.717, 1.165) is 21.7 Å². The van der Waals surface area contributed by atoms with Crippen molar-refractivity contribution in [3.05, 3.63) is 82.6 Å². The normalized spacial score (nSPS) is 16.6. The summed E-state index contributed by atoms with van der Waals surface area (Å²) in [7, 11) is 0. The van der Waals surface area contributed by atoms with Gasteiger partial charge in [0.05, 0.1) is 0 Å². The van der Waals surface area contributed by atoms with Crippen molar-refractivity contribution in [3.8, 4) is 0 Å². The van der Waals surface area contributed by atoms with E-state index in [2.05, 4.69) is 61.7 Å². The number of anilines is 1. The van der Waals surface area contributed by atoms with Crippen molar-refractivity contribution in [3.63, 3.8) is 0 Å². The zero-order chi connectivity index (χ0) is 14.9. The molecule has 2 aromatic carbocycles. The molecule has 0 bridgehead atoms. The number of benzene rings is 2. The largest absolute Gasteiger partial charge is 0.324 e. The minimum Gasteiger partial charge on any atom is -0.324 e. The molecule has 0 radical (unpaired) electrons. The molecule has 22 heavy (non-hydrogen) atoms. The summed E-state index contributed by atoms with van der Waals surface area (Å²) in [6, 6.07) is 18.6. The molecular formula is C17H13BrN4. The molecule has 3 aromatic rings. The third-order valence-corrected chi connectivity index (χ3v) is 4.23. The van der Waals surface area contributed by atoms with Crippen LogP contribution in [-0.2, 0) is 0 Å². The van der Waals surface area contributed by atoms with Crippen LogP contribution in [0.15, 0.2) is 71.5 Å². The lowest BCUT2D eigenvalue weighted by molar-refractivity contribution is 0.612. The Morgan fingerprint density at radius 2 is 1.77 bits per heavy atom. The molecule has 108 valence electrons. The van der Waals surface area contributed by atoms with E-state index in [9.17, 15) is 0 Å². The first kappa shape index (κ1) is 13.3.